The van der Waals surface area contributed by atoms with Gasteiger partial charge in [0.25, 0.3) is 0 Å². The van der Waals surface area contributed by atoms with E-state index < -0.39 is 18.1 Å². The van der Waals surface area contributed by atoms with Crippen molar-refractivity contribution in [1.82, 2.24) is 5.32 Å². The van der Waals surface area contributed by atoms with Crippen LogP contribution >= 0.6 is 0 Å². The molecule has 0 saturated heterocycles. The van der Waals surface area contributed by atoms with Crippen LogP contribution in [0.3, 0.4) is 0 Å². The minimum absolute atomic E-state index is 0.174. The SMILES string of the molecule is CCCCCCCCCCCCCCOC(=O)[C@H](C)NC(=O)OCc1ccccc1. The molecule has 1 amide bonds. The fraction of sp³-hybridized carbons (Fsp3) is 0.680. The van der Waals surface area contributed by atoms with Gasteiger partial charge in [0.2, 0.25) is 0 Å². The van der Waals surface area contributed by atoms with E-state index in [9.17, 15) is 9.59 Å². The van der Waals surface area contributed by atoms with Gasteiger partial charge >= 0.3 is 12.1 Å². The average Bonchev–Trinajstić information content (AvgIpc) is 2.76. The first-order chi connectivity index (χ1) is 14.6. The van der Waals surface area contributed by atoms with Crippen molar-refractivity contribution in [3.05, 3.63) is 35.9 Å². The molecule has 0 saturated carbocycles. The molecule has 5 nitrogen and oxygen atoms in total. The number of nitrogens with one attached hydrogen (secondary N) is 1. The Balaban J connectivity index is 1.93. The van der Waals surface area contributed by atoms with E-state index in [4.69, 9.17) is 9.47 Å². The lowest BCUT2D eigenvalue weighted by Gasteiger charge is -2.13. The Labute approximate surface area is 182 Å². The van der Waals surface area contributed by atoms with Crippen LogP contribution in [-0.2, 0) is 20.9 Å². The molecule has 0 bridgehead atoms. The lowest BCUT2D eigenvalue weighted by atomic mass is 10.1. The Kier molecular flexibility index (Phi) is 15.4. The number of alkyl carbamates (subject to hydrolysis) is 1. The largest absolute Gasteiger partial charge is 0.464 e. The summed E-state index contributed by atoms with van der Waals surface area (Å²) in [7, 11) is 0. The van der Waals surface area contributed by atoms with Crippen molar-refractivity contribution in [1.29, 1.82) is 0 Å². The van der Waals surface area contributed by atoms with Gasteiger partial charge in [-0.05, 0) is 18.9 Å². The predicted octanol–water partition coefficient (Wildman–Crippen LogP) is 6.55. The van der Waals surface area contributed by atoms with E-state index in [1.807, 2.05) is 30.3 Å². The van der Waals surface area contributed by atoms with Gasteiger partial charge in [0.15, 0.2) is 0 Å². The Hall–Kier alpha value is -2.04. The first-order valence-corrected chi connectivity index (χ1v) is 11.8. The Morgan fingerprint density at radius 3 is 1.90 bits per heavy atom. The number of esters is 1. The van der Waals surface area contributed by atoms with Crippen molar-refractivity contribution < 1.29 is 19.1 Å². The van der Waals surface area contributed by atoms with Crippen molar-refractivity contribution >= 4 is 12.1 Å². The molecule has 0 unspecified atom stereocenters. The standard InChI is InChI=1S/C25H41NO4/c1-3-4-5-6-7-8-9-10-11-12-13-17-20-29-24(27)22(2)26-25(28)30-21-23-18-15-14-16-19-23/h14-16,18-19,22H,3-13,17,20-21H2,1-2H3,(H,26,28)/t22-/m0/s1. The van der Waals surface area contributed by atoms with Gasteiger partial charge < -0.3 is 14.8 Å². The smallest absolute Gasteiger partial charge is 0.408 e. The number of carbonyl (C=O) groups is 2. The molecule has 170 valence electrons. The minimum Gasteiger partial charge on any atom is -0.464 e. The molecule has 30 heavy (non-hydrogen) atoms. The Bertz CT molecular complexity index is 562. The maximum absolute atomic E-state index is 12.0. The normalized spacial score (nSPS) is 11.7. The number of rotatable bonds is 17. The molecular formula is C25H41NO4. The Morgan fingerprint density at radius 2 is 1.33 bits per heavy atom. The number of unbranched alkanes of at least 4 members (excludes halogenated alkanes) is 11. The van der Waals surface area contributed by atoms with Crippen molar-refractivity contribution in [2.75, 3.05) is 6.61 Å². The van der Waals surface area contributed by atoms with Gasteiger partial charge in [0.1, 0.15) is 12.6 Å². The number of hydrogen-bond acceptors (Lipinski definition) is 4. The van der Waals surface area contributed by atoms with Gasteiger partial charge in [-0.25, -0.2) is 9.59 Å². The summed E-state index contributed by atoms with van der Waals surface area (Å²) in [4.78, 5) is 23.7. The van der Waals surface area contributed by atoms with Crippen LogP contribution in [0, 0.1) is 0 Å². The number of benzene rings is 1. The molecule has 0 heterocycles. The highest BCUT2D eigenvalue weighted by molar-refractivity contribution is 5.80. The summed E-state index contributed by atoms with van der Waals surface area (Å²) in [5.41, 5.74) is 0.898. The van der Waals surface area contributed by atoms with Crippen LogP contribution in [0.5, 0.6) is 0 Å². The highest BCUT2D eigenvalue weighted by Gasteiger charge is 2.17. The molecule has 0 aliphatic rings. The summed E-state index contributed by atoms with van der Waals surface area (Å²) in [6.45, 7) is 4.44. The zero-order valence-electron chi connectivity index (χ0n) is 19.0. The minimum atomic E-state index is -0.717. The fourth-order valence-corrected chi connectivity index (χ4v) is 3.24. The molecule has 1 aromatic carbocycles. The number of carbonyl (C=O) groups excluding carboxylic acids is 2. The molecule has 1 rings (SSSR count). The van der Waals surface area contributed by atoms with Gasteiger partial charge in [0.05, 0.1) is 6.61 Å². The Morgan fingerprint density at radius 1 is 0.800 bits per heavy atom. The van der Waals surface area contributed by atoms with Crippen LogP contribution in [0.15, 0.2) is 30.3 Å². The van der Waals surface area contributed by atoms with E-state index in [2.05, 4.69) is 12.2 Å². The second-order valence-corrected chi connectivity index (χ2v) is 7.98. The van der Waals surface area contributed by atoms with E-state index in [0.29, 0.717) is 6.61 Å². The molecule has 5 heteroatoms. The van der Waals surface area contributed by atoms with Gasteiger partial charge in [-0.1, -0.05) is 108 Å². The molecule has 0 aromatic heterocycles. The maximum Gasteiger partial charge on any atom is 0.408 e. The molecule has 1 N–H and O–H groups in total. The summed E-state index contributed by atoms with van der Waals surface area (Å²) in [5, 5.41) is 2.51. The van der Waals surface area contributed by atoms with Crippen LogP contribution in [-0.4, -0.2) is 24.7 Å². The first kappa shape index (κ1) is 26.0. The number of ether oxygens (including phenoxy) is 2. The first-order valence-electron chi connectivity index (χ1n) is 11.8. The van der Waals surface area contributed by atoms with Gasteiger partial charge in [-0.15, -0.1) is 0 Å². The molecule has 0 aliphatic carbocycles. The molecule has 1 atom stereocenters. The van der Waals surface area contributed by atoms with Crippen LogP contribution in [0.25, 0.3) is 0 Å². The average molecular weight is 420 g/mol. The maximum atomic E-state index is 12.0. The summed E-state index contributed by atoms with van der Waals surface area (Å²) < 4.78 is 10.4. The summed E-state index contributed by atoms with van der Waals surface area (Å²) >= 11 is 0. The van der Waals surface area contributed by atoms with Crippen molar-refractivity contribution in [2.45, 2.75) is 104 Å². The van der Waals surface area contributed by atoms with Crippen LogP contribution < -0.4 is 5.32 Å². The predicted molar refractivity (Wildman–Crippen MR) is 121 cm³/mol. The highest BCUT2D eigenvalue weighted by Crippen LogP contribution is 2.12. The zero-order chi connectivity index (χ0) is 21.9. The third-order valence-corrected chi connectivity index (χ3v) is 5.14. The molecule has 0 fully saturated rings. The van der Waals surface area contributed by atoms with E-state index in [-0.39, 0.29) is 6.61 Å². The highest BCUT2D eigenvalue weighted by atomic mass is 16.6. The van der Waals surface area contributed by atoms with Gasteiger partial charge in [0, 0.05) is 0 Å². The molecular weight excluding hydrogens is 378 g/mol. The lowest BCUT2D eigenvalue weighted by molar-refractivity contribution is -0.145. The zero-order valence-corrected chi connectivity index (χ0v) is 19.0. The second-order valence-electron chi connectivity index (χ2n) is 7.98. The molecule has 1 aromatic rings. The number of hydrogen-bond donors (Lipinski definition) is 1. The monoisotopic (exact) mass is 419 g/mol. The molecule has 0 radical (unpaired) electrons. The van der Waals surface area contributed by atoms with Crippen molar-refractivity contribution in [3.8, 4) is 0 Å². The van der Waals surface area contributed by atoms with E-state index in [1.165, 1.54) is 64.2 Å². The van der Waals surface area contributed by atoms with Gasteiger partial charge in [-0.3, -0.25) is 0 Å². The second kappa shape index (κ2) is 17.8. The van der Waals surface area contributed by atoms with E-state index in [1.54, 1.807) is 6.92 Å². The van der Waals surface area contributed by atoms with E-state index >= 15 is 0 Å². The van der Waals surface area contributed by atoms with Crippen molar-refractivity contribution in [2.24, 2.45) is 0 Å². The van der Waals surface area contributed by atoms with Crippen LogP contribution in [0.1, 0.15) is 96.5 Å². The quantitative estimate of drug-likeness (QED) is 0.230. The van der Waals surface area contributed by atoms with Crippen molar-refractivity contribution in [3.63, 3.8) is 0 Å². The summed E-state index contributed by atoms with van der Waals surface area (Å²) in [6.07, 6.45) is 14.6. The van der Waals surface area contributed by atoms with Crippen LogP contribution in [0.2, 0.25) is 0 Å². The van der Waals surface area contributed by atoms with Gasteiger partial charge in [-0.2, -0.15) is 0 Å². The summed E-state index contributed by atoms with van der Waals surface area (Å²) in [5.74, 6) is -0.422. The summed E-state index contributed by atoms with van der Waals surface area (Å²) in [6, 6.07) is 8.70. The fourth-order valence-electron chi connectivity index (χ4n) is 3.24. The molecule has 0 spiro atoms. The molecule has 0 aliphatic heterocycles. The van der Waals surface area contributed by atoms with Crippen LogP contribution in [0.4, 0.5) is 4.79 Å². The topological polar surface area (TPSA) is 64.6 Å². The number of amides is 1. The third kappa shape index (κ3) is 14.0. The third-order valence-electron chi connectivity index (χ3n) is 5.14. The lowest BCUT2D eigenvalue weighted by Crippen LogP contribution is -2.39. The van der Waals surface area contributed by atoms with E-state index in [0.717, 1.165) is 18.4 Å².